The van der Waals surface area contributed by atoms with Crippen molar-refractivity contribution < 1.29 is 56.4 Å². The van der Waals surface area contributed by atoms with Gasteiger partial charge in [0.1, 0.15) is 48.8 Å². The van der Waals surface area contributed by atoms with E-state index < -0.39 is 98.1 Å². The number of hydrogen-bond donors (Lipinski definition) is 1. The molecule has 0 unspecified atom stereocenters. The number of nitrogens with zero attached hydrogens (tertiary/aromatic N) is 1. The maximum atomic E-state index is 13.8. The molecule has 0 aliphatic carbocycles. The van der Waals surface area contributed by atoms with Crippen LogP contribution in [-0.4, -0.2) is 128 Å². The highest BCUT2D eigenvalue weighted by Crippen LogP contribution is 2.47. The van der Waals surface area contributed by atoms with Crippen molar-refractivity contribution in [1.29, 1.82) is 0 Å². The van der Waals surface area contributed by atoms with Gasteiger partial charge in [-0.15, -0.1) is 0 Å². The van der Waals surface area contributed by atoms with Crippen LogP contribution in [0.2, 0.25) is 54.4 Å². The molecule has 0 radical (unpaired) electrons. The van der Waals surface area contributed by atoms with Gasteiger partial charge >= 0.3 is 0 Å². The average molecular weight is 986 g/mol. The molecule has 0 aromatic heterocycles. The number of ether oxygens (including phenoxy) is 6. The van der Waals surface area contributed by atoms with E-state index in [2.05, 4.69) is 102 Å². The summed E-state index contributed by atoms with van der Waals surface area (Å²) in [6.07, 6.45) is -9.12. The first kappa shape index (κ1) is 55.5. The van der Waals surface area contributed by atoms with Gasteiger partial charge in [0, 0.05) is 18.3 Å². The van der Waals surface area contributed by atoms with E-state index in [1.54, 1.807) is 13.8 Å². The minimum Gasteiger partial charge on any atom is -0.408 e. The van der Waals surface area contributed by atoms with Crippen molar-refractivity contribution in [3.8, 4) is 0 Å². The summed E-state index contributed by atoms with van der Waals surface area (Å²) < 4.78 is 62.5. The Morgan fingerprint density at radius 3 is 1.34 bits per heavy atom. The molecule has 376 valence electrons. The number of aliphatic hydroxyl groups is 1. The highest BCUT2D eigenvalue weighted by molar-refractivity contribution is 6.75. The molecule has 2 amide bonds. The number of amides is 2. The lowest BCUT2D eigenvalue weighted by Gasteiger charge is -2.55. The van der Waals surface area contributed by atoms with Crippen LogP contribution in [0.1, 0.15) is 87.3 Å². The average Bonchev–Trinajstić information content (AvgIpc) is 3.41. The van der Waals surface area contributed by atoms with E-state index in [1.807, 2.05) is 60.7 Å². The summed E-state index contributed by atoms with van der Waals surface area (Å²) in [5, 5.41) is 12.2. The highest BCUT2D eigenvalue weighted by atomic mass is 28.4. The predicted molar refractivity (Wildman–Crippen MR) is 268 cm³/mol. The van der Waals surface area contributed by atoms with E-state index in [0.717, 1.165) is 16.0 Å². The molecular weight excluding hydrogens is 903 g/mol. The molecule has 3 heterocycles. The monoisotopic (exact) mass is 986 g/mol. The normalized spacial score (nSPS) is 28.4. The summed E-state index contributed by atoms with van der Waals surface area (Å²) >= 11 is 0. The number of carbonyl (C=O) groups excluding carboxylic acids is 2. The smallest absolute Gasteiger partial charge is 0.257 e. The van der Waals surface area contributed by atoms with Crippen LogP contribution in [0.15, 0.2) is 71.8 Å². The third kappa shape index (κ3) is 12.7. The molecular formula is C51H83NO12Si3. The zero-order chi connectivity index (χ0) is 50.1. The minimum atomic E-state index is -2.70. The van der Waals surface area contributed by atoms with Crippen LogP contribution in [0.3, 0.4) is 0 Å². The minimum absolute atomic E-state index is 0.0352. The first-order valence-corrected chi connectivity index (χ1v) is 32.6. The third-order valence-corrected chi connectivity index (χ3v) is 28.6. The molecule has 13 nitrogen and oxygen atoms in total. The second-order valence-electron chi connectivity index (χ2n) is 23.2. The number of imide groups is 1. The van der Waals surface area contributed by atoms with Gasteiger partial charge in [-0.1, -0.05) is 123 Å². The Kier molecular flexibility index (Phi) is 17.8. The van der Waals surface area contributed by atoms with Crippen LogP contribution in [-0.2, 0) is 64.5 Å². The molecule has 3 aliphatic heterocycles. The lowest BCUT2D eigenvalue weighted by molar-refractivity contribution is -0.347. The van der Waals surface area contributed by atoms with Crippen molar-refractivity contribution in [3.63, 3.8) is 0 Å². The largest absolute Gasteiger partial charge is 0.408 e. The van der Waals surface area contributed by atoms with Gasteiger partial charge in [-0.2, -0.15) is 0 Å². The first-order chi connectivity index (χ1) is 30.9. The van der Waals surface area contributed by atoms with Crippen LogP contribution >= 0.6 is 0 Å². The number of benzene rings is 2. The molecule has 67 heavy (non-hydrogen) atoms. The molecule has 2 fully saturated rings. The van der Waals surface area contributed by atoms with Crippen LogP contribution in [0.5, 0.6) is 0 Å². The molecule has 0 saturated carbocycles. The Bertz CT molecular complexity index is 1970. The second-order valence-corrected chi connectivity index (χ2v) is 37.4. The van der Waals surface area contributed by atoms with Crippen molar-refractivity contribution in [2.24, 2.45) is 0 Å². The molecule has 0 bridgehead atoms. The predicted octanol–water partition coefficient (Wildman–Crippen LogP) is 9.51. The number of carbonyl (C=O) groups is 2. The van der Waals surface area contributed by atoms with Crippen molar-refractivity contribution in [3.05, 3.63) is 82.9 Å². The van der Waals surface area contributed by atoms with E-state index in [4.69, 9.17) is 41.7 Å². The Morgan fingerprint density at radius 2 is 0.940 bits per heavy atom. The van der Waals surface area contributed by atoms with Crippen molar-refractivity contribution in [2.45, 2.75) is 205 Å². The summed E-state index contributed by atoms with van der Waals surface area (Å²) in [5.41, 5.74) is 2.52. The van der Waals surface area contributed by atoms with Crippen LogP contribution in [0.25, 0.3) is 0 Å². The van der Waals surface area contributed by atoms with Gasteiger partial charge < -0.3 is 46.8 Å². The molecule has 10 atom stereocenters. The topological polar surface area (TPSA) is 141 Å². The molecule has 2 aromatic carbocycles. The lowest BCUT2D eigenvalue weighted by atomic mass is 9.94. The first-order valence-electron chi connectivity index (χ1n) is 23.9. The molecule has 2 aromatic rings. The zero-order valence-corrected chi connectivity index (χ0v) is 46.8. The van der Waals surface area contributed by atoms with E-state index >= 15 is 0 Å². The zero-order valence-electron chi connectivity index (χ0n) is 43.8. The number of aliphatic hydroxyl groups excluding tert-OH is 1. The van der Waals surface area contributed by atoms with E-state index in [9.17, 15) is 14.7 Å². The molecule has 0 spiro atoms. The van der Waals surface area contributed by atoms with Gasteiger partial charge in [0.05, 0.1) is 26.4 Å². The summed E-state index contributed by atoms with van der Waals surface area (Å²) in [6, 6.07) is 18.4. The second kappa shape index (κ2) is 21.5. The van der Waals surface area contributed by atoms with Crippen molar-refractivity contribution in [2.75, 3.05) is 20.3 Å². The Balaban J connectivity index is 1.68. The van der Waals surface area contributed by atoms with Gasteiger partial charge in [0.2, 0.25) is 0 Å². The summed E-state index contributed by atoms with van der Waals surface area (Å²) in [7, 11) is -6.48. The van der Waals surface area contributed by atoms with Gasteiger partial charge in [0.15, 0.2) is 37.5 Å². The SMILES string of the molecule is CO[C@@H]1O[C@H](COCc2ccccc2)[C@@H](O[C@@H]2O[C@H](COCc3ccccc3)[C@@H](O[Si](C)(C)C(C)(C)C)[C@H](O[Si](C)(C)C(C)(C)C)[C@H]2O[Si](C)(C)C(C)(C)C)[C@@H](O)[C@H]1N1C(=O)C(C)=C(C)C1=O. The molecule has 3 aliphatic rings. The van der Waals surface area contributed by atoms with Gasteiger partial charge in [-0.3, -0.25) is 14.5 Å². The maximum Gasteiger partial charge on any atom is 0.257 e. The fourth-order valence-corrected chi connectivity index (χ4v) is 11.6. The Morgan fingerprint density at radius 1 is 0.567 bits per heavy atom. The Hall–Kier alpha value is -2.43. The molecule has 1 N–H and O–H groups in total. The summed E-state index contributed by atoms with van der Waals surface area (Å²) in [6.45, 7) is 37.0. The molecule has 5 rings (SSSR count). The quantitative estimate of drug-likeness (QED) is 0.112. The van der Waals surface area contributed by atoms with Crippen LogP contribution < -0.4 is 0 Å². The van der Waals surface area contributed by atoms with Gasteiger partial charge in [0.25, 0.3) is 11.8 Å². The van der Waals surface area contributed by atoms with Gasteiger partial charge in [-0.25, -0.2) is 0 Å². The van der Waals surface area contributed by atoms with Crippen molar-refractivity contribution >= 4 is 36.8 Å². The summed E-state index contributed by atoms with van der Waals surface area (Å²) in [5.74, 6) is -1.07. The maximum absolute atomic E-state index is 13.8. The highest BCUT2D eigenvalue weighted by Gasteiger charge is 2.60. The summed E-state index contributed by atoms with van der Waals surface area (Å²) in [4.78, 5) is 28.7. The third-order valence-electron chi connectivity index (χ3n) is 15.2. The van der Waals surface area contributed by atoms with Crippen LogP contribution in [0, 0.1) is 0 Å². The number of hydrogen-bond acceptors (Lipinski definition) is 12. The fourth-order valence-electron chi connectivity index (χ4n) is 7.69. The van der Waals surface area contributed by atoms with Gasteiger partial charge in [-0.05, 0) is 79.4 Å². The fraction of sp³-hybridized carbons (Fsp3) is 0.686. The lowest BCUT2D eigenvalue weighted by Crippen LogP contribution is -2.71. The standard InChI is InChI=1S/C51H83NO12Si3/c1-33-34(2)46(55)52(45(33)54)39-40(53)41(37(59-47(39)56-12)31-57-29-35-25-21-19-22-26-35)61-48-44(64-67(17,18)51(9,10)11)43(63-66(15,16)50(6,7)8)42(62-65(13,14)49(3,4)5)38(60-48)32-58-30-36-27-23-20-24-28-36/h19-28,37-44,47-48,53H,29-32H2,1-18H3/t37-,38-,39-,40+,41-,42-,43+,44-,47-,48+/m1/s1. The number of rotatable bonds is 18. The molecule has 16 heteroatoms. The molecule has 2 saturated heterocycles. The van der Waals surface area contributed by atoms with E-state index in [0.29, 0.717) is 6.61 Å². The Labute approximate surface area is 404 Å². The van der Waals surface area contributed by atoms with E-state index in [1.165, 1.54) is 7.11 Å². The van der Waals surface area contributed by atoms with Crippen molar-refractivity contribution in [1.82, 2.24) is 4.90 Å². The van der Waals surface area contributed by atoms with E-state index in [-0.39, 0.29) is 46.1 Å². The van der Waals surface area contributed by atoms with Crippen LogP contribution in [0.4, 0.5) is 0 Å². The number of methoxy groups -OCH3 is 1.